The maximum Gasteiger partial charge on any atom is 0.275 e. The molecule has 0 atom stereocenters. The van der Waals surface area contributed by atoms with Crippen LogP contribution in [-0.4, -0.2) is 34.8 Å². The third-order valence-corrected chi connectivity index (χ3v) is 3.72. The molecule has 0 aliphatic rings. The number of anilines is 1. The largest absolute Gasteiger partial charge is 0.508 e. The number of benzene rings is 2. The fraction of sp³-hybridized carbons (Fsp3) is 0.167. The number of halogens is 1. The van der Waals surface area contributed by atoms with Crippen molar-refractivity contribution in [3.05, 3.63) is 47.0 Å². The second-order valence-electron chi connectivity index (χ2n) is 5.56. The molecule has 0 radical (unpaired) electrons. The second kappa shape index (κ2) is 8.91. The van der Waals surface area contributed by atoms with Crippen LogP contribution in [0.15, 0.2) is 41.5 Å². The molecule has 0 aliphatic carbocycles. The Hall–Kier alpha value is -3.26. The van der Waals surface area contributed by atoms with Crippen molar-refractivity contribution in [2.24, 2.45) is 5.10 Å². The normalized spacial score (nSPS) is 11.0. The van der Waals surface area contributed by atoms with E-state index in [0.29, 0.717) is 22.2 Å². The monoisotopic (exact) mass is 391 g/mol. The number of carbonyl (C=O) groups excluding carboxylic acids is 2. The molecule has 4 N–H and O–H groups in total. The lowest BCUT2D eigenvalue weighted by molar-refractivity contribution is -0.115. The zero-order chi connectivity index (χ0) is 20.0. The summed E-state index contributed by atoms with van der Waals surface area (Å²) in [6, 6.07) is 8.39. The molecule has 0 unspecified atom stereocenters. The highest BCUT2D eigenvalue weighted by molar-refractivity contribution is 6.32. The number of nitrogens with one attached hydrogen (secondary N) is 2. The highest BCUT2D eigenvalue weighted by Gasteiger charge is 2.12. The number of ether oxygens (including phenoxy) is 1. The minimum atomic E-state index is -0.672. The van der Waals surface area contributed by atoms with Gasteiger partial charge in [-0.1, -0.05) is 11.6 Å². The zero-order valence-electron chi connectivity index (χ0n) is 14.6. The van der Waals surface area contributed by atoms with Crippen molar-refractivity contribution in [3.8, 4) is 17.2 Å². The molecule has 9 heteroatoms. The Bertz CT molecular complexity index is 899. The van der Waals surface area contributed by atoms with Crippen LogP contribution in [0, 0.1) is 0 Å². The Morgan fingerprint density at radius 3 is 2.56 bits per heavy atom. The Morgan fingerprint density at radius 1 is 1.19 bits per heavy atom. The summed E-state index contributed by atoms with van der Waals surface area (Å²) in [6.07, 6.45) is -0.0640. The highest BCUT2D eigenvalue weighted by Crippen LogP contribution is 2.27. The van der Waals surface area contributed by atoms with Crippen LogP contribution in [-0.2, 0) is 4.79 Å². The van der Waals surface area contributed by atoms with Crippen molar-refractivity contribution in [1.29, 1.82) is 0 Å². The van der Waals surface area contributed by atoms with E-state index in [1.54, 1.807) is 25.1 Å². The van der Waals surface area contributed by atoms with Crippen molar-refractivity contribution in [3.63, 3.8) is 0 Å². The van der Waals surface area contributed by atoms with Crippen LogP contribution < -0.4 is 15.5 Å². The van der Waals surface area contributed by atoms with E-state index in [0.717, 1.165) is 6.07 Å². The van der Waals surface area contributed by atoms with Crippen LogP contribution in [0.3, 0.4) is 0 Å². The lowest BCUT2D eigenvalue weighted by atomic mass is 10.2. The summed E-state index contributed by atoms with van der Waals surface area (Å²) < 4.78 is 5.04. The van der Waals surface area contributed by atoms with Crippen LogP contribution in [0.5, 0.6) is 17.2 Å². The Kier molecular flexibility index (Phi) is 6.62. The predicted molar refractivity (Wildman–Crippen MR) is 102 cm³/mol. The molecule has 2 aromatic rings. The number of amides is 2. The van der Waals surface area contributed by atoms with Gasteiger partial charge in [0.1, 0.15) is 17.2 Å². The maximum atomic E-state index is 12.0. The molecule has 2 amide bonds. The summed E-state index contributed by atoms with van der Waals surface area (Å²) in [6.45, 7) is 1.57. The molecular formula is C18H18ClN3O5. The van der Waals surface area contributed by atoms with Crippen LogP contribution >= 0.6 is 11.6 Å². The number of aromatic hydroxyl groups is 2. The van der Waals surface area contributed by atoms with Gasteiger partial charge < -0.3 is 20.3 Å². The maximum absolute atomic E-state index is 12.0. The lowest BCUT2D eigenvalue weighted by Gasteiger charge is -2.08. The minimum Gasteiger partial charge on any atom is -0.508 e. The molecule has 0 aliphatic heterocycles. The van der Waals surface area contributed by atoms with E-state index in [9.17, 15) is 19.8 Å². The molecule has 27 heavy (non-hydrogen) atoms. The molecule has 2 aromatic carbocycles. The predicted octanol–water partition coefficient (Wildman–Crippen LogP) is 2.89. The topological polar surface area (TPSA) is 120 Å². The average molecular weight is 392 g/mol. The number of nitrogens with zero attached hydrogens (tertiary/aromatic N) is 1. The molecule has 2 rings (SSSR count). The van der Waals surface area contributed by atoms with Crippen molar-refractivity contribution < 1.29 is 24.5 Å². The number of hydrogen-bond acceptors (Lipinski definition) is 6. The minimum absolute atomic E-state index is 0.0540. The van der Waals surface area contributed by atoms with Gasteiger partial charge in [-0.2, -0.15) is 5.10 Å². The second-order valence-corrected chi connectivity index (χ2v) is 5.97. The number of methoxy groups -OCH3 is 1. The van der Waals surface area contributed by atoms with Gasteiger partial charge in [-0.15, -0.1) is 0 Å². The van der Waals surface area contributed by atoms with Crippen LogP contribution in [0.4, 0.5) is 5.69 Å². The average Bonchev–Trinajstić information content (AvgIpc) is 2.59. The van der Waals surface area contributed by atoms with E-state index in [2.05, 4.69) is 15.8 Å². The Morgan fingerprint density at radius 2 is 1.93 bits per heavy atom. The first-order chi connectivity index (χ1) is 12.8. The summed E-state index contributed by atoms with van der Waals surface area (Å²) in [5.74, 6) is -1.07. The molecule has 0 aromatic heterocycles. The van der Waals surface area contributed by atoms with Gasteiger partial charge >= 0.3 is 0 Å². The first-order valence-corrected chi connectivity index (χ1v) is 8.17. The quantitative estimate of drug-likeness (QED) is 0.445. The van der Waals surface area contributed by atoms with E-state index in [-0.39, 0.29) is 29.4 Å². The molecule has 142 valence electrons. The van der Waals surface area contributed by atoms with Gasteiger partial charge in [0.15, 0.2) is 0 Å². The number of hydrogen-bond donors (Lipinski definition) is 4. The van der Waals surface area contributed by atoms with Crippen molar-refractivity contribution in [2.75, 3.05) is 12.4 Å². The zero-order valence-corrected chi connectivity index (χ0v) is 15.4. The lowest BCUT2D eigenvalue weighted by Crippen LogP contribution is -2.21. The number of rotatable bonds is 6. The smallest absolute Gasteiger partial charge is 0.275 e. The summed E-state index contributed by atoms with van der Waals surface area (Å²) >= 11 is 6.00. The van der Waals surface area contributed by atoms with Gasteiger partial charge in [0.25, 0.3) is 5.91 Å². The molecule has 0 heterocycles. The fourth-order valence-electron chi connectivity index (χ4n) is 2.14. The van der Waals surface area contributed by atoms with E-state index in [1.165, 1.54) is 19.2 Å². The van der Waals surface area contributed by atoms with Gasteiger partial charge in [-0.3, -0.25) is 9.59 Å². The highest BCUT2D eigenvalue weighted by atomic mass is 35.5. The van der Waals surface area contributed by atoms with Crippen molar-refractivity contribution in [1.82, 2.24) is 5.43 Å². The molecule has 0 saturated carbocycles. The summed E-state index contributed by atoms with van der Waals surface area (Å²) in [5, 5.41) is 25.7. The van der Waals surface area contributed by atoms with Gasteiger partial charge in [0.2, 0.25) is 5.91 Å². The first-order valence-electron chi connectivity index (χ1n) is 7.79. The van der Waals surface area contributed by atoms with Gasteiger partial charge in [0.05, 0.1) is 24.1 Å². The number of phenols is 2. The van der Waals surface area contributed by atoms with E-state index < -0.39 is 5.91 Å². The fourth-order valence-corrected chi connectivity index (χ4v) is 2.40. The van der Waals surface area contributed by atoms with Gasteiger partial charge in [-0.05, 0) is 37.3 Å². The summed E-state index contributed by atoms with van der Waals surface area (Å²) in [7, 11) is 1.49. The summed E-state index contributed by atoms with van der Waals surface area (Å²) in [5.41, 5.74) is 3.03. The molecule has 8 nitrogen and oxygen atoms in total. The first kappa shape index (κ1) is 20.1. The van der Waals surface area contributed by atoms with Gasteiger partial charge in [-0.25, -0.2) is 5.43 Å². The summed E-state index contributed by atoms with van der Waals surface area (Å²) in [4.78, 5) is 24.0. The van der Waals surface area contributed by atoms with Crippen molar-refractivity contribution in [2.45, 2.75) is 13.3 Å². The standard InChI is InChI=1S/C18H18ClN3O5/c1-10(21-22-18(26)13-5-4-12(23)9-15(13)24)7-17(25)20-11-3-6-16(27-2)14(19)8-11/h3-6,8-9,23-24H,7H2,1-2H3,(H,20,25)(H,22,26). The van der Waals surface area contributed by atoms with E-state index in [4.69, 9.17) is 16.3 Å². The SMILES string of the molecule is COc1ccc(NC(=O)CC(C)=NNC(=O)c2ccc(O)cc2O)cc1Cl. The number of carbonyl (C=O) groups is 2. The van der Waals surface area contributed by atoms with Gasteiger partial charge in [0, 0.05) is 17.5 Å². The molecule has 0 spiro atoms. The van der Waals surface area contributed by atoms with Crippen LogP contribution in [0.2, 0.25) is 5.02 Å². The van der Waals surface area contributed by atoms with Crippen LogP contribution in [0.25, 0.3) is 0 Å². The molecule has 0 saturated heterocycles. The number of phenolic OH excluding ortho intramolecular Hbond substituents is 2. The molecule has 0 fully saturated rings. The number of hydrazone groups is 1. The van der Waals surface area contributed by atoms with Crippen molar-refractivity contribution >= 4 is 34.8 Å². The molecule has 0 bridgehead atoms. The Balaban J connectivity index is 1.93. The third kappa shape index (κ3) is 5.61. The van der Waals surface area contributed by atoms with E-state index >= 15 is 0 Å². The van der Waals surface area contributed by atoms with Crippen LogP contribution in [0.1, 0.15) is 23.7 Å². The third-order valence-electron chi connectivity index (χ3n) is 3.43. The Labute approximate surface area is 160 Å². The van der Waals surface area contributed by atoms with E-state index in [1.807, 2.05) is 0 Å². The molecular weight excluding hydrogens is 374 g/mol.